The largest absolute Gasteiger partial charge is 0.233 e. The fraction of sp³-hybridized carbons (Fsp3) is 0.273. The minimum Gasteiger partial charge on any atom is -0.233 e. The average Bonchev–Trinajstić information content (AvgIpc) is 2.85. The molecule has 2 heterocycles. The molecule has 0 amide bonds. The number of alkyl halides is 1. The Labute approximate surface area is 90.0 Å². The van der Waals surface area contributed by atoms with Gasteiger partial charge < -0.3 is 0 Å². The van der Waals surface area contributed by atoms with Crippen molar-refractivity contribution in [2.75, 3.05) is 0 Å². The van der Waals surface area contributed by atoms with E-state index in [-0.39, 0.29) is 0 Å². The van der Waals surface area contributed by atoms with E-state index in [9.17, 15) is 4.39 Å². The summed E-state index contributed by atoms with van der Waals surface area (Å²) in [5.41, 5.74) is 0.545. The molecule has 0 spiro atoms. The maximum absolute atomic E-state index is 14.7. The monoisotopic (exact) mass is 224 g/mol. The van der Waals surface area contributed by atoms with Gasteiger partial charge in [0.2, 0.25) is 0 Å². The fourth-order valence-electron chi connectivity index (χ4n) is 2.12. The molecule has 0 saturated carbocycles. The van der Waals surface area contributed by atoms with Crippen LogP contribution in [0, 0.1) is 0 Å². The molecular weight excluding hydrogens is 215 g/mol. The summed E-state index contributed by atoms with van der Waals surface area (Å²) in [5.74, 6) is 0. The second kappa shape index (κ2) is 2.67. The first kappa shape index (κ1) is 8.62. The predicted molar refractivity (Wildman–Crippen MR) is 59.8 cm³/mol. The molecule has 14 heavy (non-hydrogen) atoms. The molecule has 0 saturated heterocycles. The molecular formula is C11H9FS2. The van der Waals surface area contributed by atoms with E-state index in [2.05, 4.69) is 0 Å². The molecule has 3 heteroatoms. The highest BCUT2D eigenvalue weighted by Gasteiger charge is 2.43. The van der Waals surface area contributed by atoms with E-state index < -0.39 is 5.67 Å². The molecule has 2 aromatic rings. The van der Waals surface area contributed by atoms with Crippen LogP contribution in [0.4, 0.5) is 4.39 Å². The summed E-state index contributed by atoms with van der Waals surface area (Å²) in [6.45, 7) is 1.91. The number of fused-ring (bicyclic) bond motifs is 3. The van der Waals surface area contributed by atoms with Crippen molar-refractivity contribution in [3.05, 3.63) is 34.0 Å². The Morgan fingerprint density at radius 1 is 1.14 bits per heavy atom. The summed E-state index contributed by atoms with van der Waals surface area (Å²) in [4.78, 5) is 2.28. The zero-order chi connectivity index (χ0) is 9.76. The van der Waals surface area contributed by atoms with E-state index in [1.807, 2.05) is 29.8 Å². The minimum absolute atomic E-state index is 0.528. The van der Waals surface area contributed by atoms with E-state index in [0.29, 0.717) is 6.42 Å². The molecule has 0 aromatic carbocycles. The van der Waals surface area contributed by atoms with Crippen LogP contribution in [0.3, 0.4) is 0 Å². The lowest BCUT2D eigenvalue weighted by atomic mass is 9.93. The molecule has 2 aromatic heterocycles. The van der Waals surface area contributed by atoms with Crippen LogP contribution in [0.15, 0.2) is 22.9 Å². The standard InChI is InChI=1S/C11H9FS2/c1-2-11(12)7-3-5-13-9(7)10-8(11)4-6-14-10/h3-6H,2H2,1H3. The quantitative estimate of drug-likeness (QED) is 0.673. The Kier molecular flexibility index (Phi) is 1.65. The van der Waals surface area contributed by atoms with Crippen molar-refractivity contribution in [1.82, 2.24) is 0 Å². The number of halogens is 1. The van der Waals surface area contributed by atoms with E-state index in [1.165, 1.54) is 0 Å². The van der Waals surface area contributed by atoms with E-state index >= 15 is 0 Å². The zero-order valence-corrected chi connectivity index (χ0v) is 9.34. The number of hydrogen-bond donors (Lipinski definition) is 0. The van der Waals surface area contributed by atoms with Gasteiger partial charge in [-0.15, -0.1) is 22.7 Å². The number of hydrogen-bond acceptors (Lipinski definition) is 2. The van der Waals surface area contributed by atoms with Crippen molar-refractivity contribution in [2.45, 2.75) is 19.0 Å². The molecule has 0 atom stereocenters. The fourth-order valence-corrected chi connectivity index (χ4v) is 4.24. The second-order valence-corrected chi connectivity index (χ2v) is 5.31. The summed E-state index contributed by atoms with van der Waals surface area (Å²) >= 11 is 3.29. The van der Waals surface area contributed by atoms with Gasteiger partial charge in [0.05, 0.1) is 9.75 Å². The topological polar surface area (TPSA) is 0 Å². The molecule has 1 aliphatic carbocycles. The lowest BCUT2D eigenvalue weighted by molar-refractivity contribution is 0.222. The van der Waals surface area contributed by atoms with Gasteiger partial charge in [-0.3, -0.25) is 0 Å². The molecule has 0 bridgehead atoms. The number of rotatable bonds is 1. The summed E-state index contributed by atoms with van der Waals surface area (Å²) in [6, 6.07) is 3.85. The highest BCUT2D eigenvalue weighted by molar-refractivity contribution is 7.21. The Morgan fingerprint density at radius 2 is 1.64 bits per heavy atom. The third kappa shape index (κ3) is 0.823. The Hall–Kier alpha value is -0.670. The summed E-state index contributed by atoms with van der Waals surface area (Å²) in [6.07, 6.45) is 0.528. The van der Waals surface area contributed by atoms with Gasteiger partial charge in [0.15, 0.2) is 5.67 Å². The Morgan fingerprint density at radius 3 is 2.07 bits per heavy atom. The van der Waals surface area contributed by atoms with Crippen molar-refractivity contribution in [2.24, 2.45) is 0 Å². The van der Waals surface area contributed by atoms with Crippen LogP contribution in [-0.2, 0) is 5.67 Å². The maximum atomic E-state index is 14.7. The van der Waals surface area contributed by atoms with Gasteiger partial charge in [-0.1, -0.05) is 6.92 Å². The van der Waals surface area contributed by atoms with Crippen LogP contribution in [-0.4, -0.2) is 0 Å². The highest BCUT2D eigenvalue weighted by Crippen LogP contribution is 2.55. The maximum Gasteiger partial charge on any atom is 0.163 e. The third-order valence-corrected chi connectivity index (χ3v) is 4.87. The van der Waals surface area contributed by atoms with Gasteiger partial charge in [0, 0.05) is 11.1 Å². The van der Waals surface area contributed by atoms with Crippen molar-refractivity contribution in [3.63, 3.8) is 0 Å². The van der Waals surface area contributed by atoms with Crippen LogP contribution in [0.1, 0.15) is 24.5 Å². The van der Waals surface area contributed by atoms with Gasteiger partial charge >= 0.3 is 0 Å². The lowest BCUT2D eigenvalue weighted by Gasteiger charge is -2.18. The molecule has 0 aliphatic heterocycles. The van der Waals surface area contributed by atoms with E-state index in [4.69, 9.17) is 0 Å². The predicted octanol–water partition coefficient (Wildman–Crippen LogP) is 4.41. The smallest absolute Gasteiger partial charge is 0.163 e. The van der Waals surface area contributed by atoms with Crippen LogP contribution in [0.5, 0.6) is 0 Å². The molecule has 0 N–H and O–H groups in total. The normalized spacial score (nSPS) is 16.7. The van der Waals surface area contributed by atoms with Crippen molar-refractivity contribution >= 4 is 22.7 Å². The lowest BCUT2D eigenvalue weighted by Crippen LogP contribution is -2.15. The van der Waals surface area contributed by atoms with Crippen LogP contribution < -0.4 is 0 Å². The van der Waals surface area contributed by atoms with Crippen molar-refractivity contribution in [1.29, 1.82) is 0 Å². The van der Waals surface area contributed by atoms with Gasteiger partial charge in [0.25, 0.3) is 0 Å². The summed E-state index contributed by atoms with van der Waals surface area (Å²) in [5, 5.41) is 3.97. The molecule has 3 rings (SSSR count). The van der Waals surface area contributed by atoms with Crippen LogP contribution in [0.25, 0.3) is 9.75 Å². The third-order valence-electron chi connectivity index (χ3n) is 2.88. The SMILES string of the molecule is CCC1(F)c2ccsc2-c2sccc21. The molecule has 72 valence electrons. The Bertz CT molecular complexity index is 441. The molecule has 0 fully saturated rings. The number of thiophene rings is 2. The van der Waals surface area contributed by atoms with Gasteiger partial charge in [-0.2, -0.15) is 0 Å². The molecule has 0 nitrogen and oxygen atoms in total. The molecule has 1 aliphatic rings. The molecule has 0 unspecified atom stereocenters. The zero-order valence-electron chi connectivity index (χ0n) is 7.71. The van der Waals surface area contributed by atoms with Crippen molar-refractivity contribution < 1.29 is 4.39 Å². The van der Waals surface area contributed by atoms with Crippen molar-refractivity contribution in [3.8, 4) is 9.75 Å². The summed E-state index contributed by atoms with van der Waals surface area (Å²) in [7, 11) is 0. The minimum atomic E-state index is -1.22. The van der Waals surface area contributed by atoms with Crippen LogP contribution in [0.2, 0.25) is 0 Å². The van der Waals surface area contributed by atoms with Crippen LogP contribution >= 0.6 is 22.7 Å². The first-order valence-electron chi connectivity index (χ1n) is 4.62. The van der Waals surface area contributed by atoms with Gasteiger partial charge in [0.1, 0.15) is 0 Å². The molecule has 0 radical (unpaired) electrons. The first-order chi connectivity index (χ1) is 6.77. The average molecular weight is 224 g/mol. The second-order valence-electron chi connectivity index (χ2n) is 3.48. The summed E-state index contributed by atoms with van der Waals surface area (Å²) < 4.78 is 14.7. The van der Waals surface area contributed by atoms with E-state index in [1.54, 1.807) is 22.7 Å². The highest BCUT2D eigenvalue weighted by atomic mass is 32.1. The van der Waals surface area contributed by atoms with E-state index in [0.717, 1.165) is 20.9 Å². The first-order valence-corrected chi connectivity index (χ1v) is 6.38. The van der Waals surface area contributed by atoms with Gasteiger partial charge in [-0.05, 0) is 29.3 Å². The van der Waals surface area contributed by atoms with Gasteiger partial charge in [-0.25, -0.2) is 4.39 Å². The Balaban J connectivity index is 2.38.